The van der Waals surface area contributed by atoms with E-state index in [4.69, 9.17) is 9.47 Å². The summed E-state index contributed by atoms with van der Waals surface area (Å²) in [5.41, 5.74) is 2.11. The van der Waals surface area contributed by atoms with Crippen LogP contribution in [0.1, 0.15) is 11.1 Å². The highest BCUT2D eigenvalue weighted by molar-refractivity contribution is 5.89. The zero-order valence-electron chi connectivity index (χ0n) is 18.8. The van der Waals surface area contributed by atoms with Gasteiger partial charge < -0.3 is 24.7 Å². The Bertz CT molecular complexity index is 1350. The zero-order chi connectivity index (χ0) is 24.1. The first kappa shape index (κ1) is 22.8. The molecule has 2 amide bonds. The number of carbonyl (C=O) groups is 1. The SMILES string of the molecule is COc1ccc(CN(Cc2cc3cc(OC)ccc3[nH]c2=O)C(=O)Nc2ccc(F)cc2)cc1. The second-order valence-electron chi connectivity index (χ2n) is 7.72. The van der Waals surface area contributed by atoms with Gasteiger partial charge in [0, 0.05) is 28.7 Å². The standard InChI is InChI=1S/C26H24FN3O4/c1-33-22-9-3-17(4-10-22)15-30(26(32)28-21-7-5-20(27)6-8-21)16-19-13-18-14-23(34-2)11-12-24(18)29-25(19)31/h3-14H,15-16H2,1-2H3,(H,28,32)(H,29,31). The molecule has 7 nitrogen and oxygen atoms in total. The van der Waals surface area contributed by atoms with E-state index in [2.05, 4.69) is 10.3 Å². The number of aromatic nitrogens is 1. The van der Waals surface area contributed by atoms with Gasteiger partial charge in [-0.15, -0.1) is 0 Å². The minimum Gasteiger partial charge on any atom is -0.497 e. The molecular formula is C26H24FN3O4. The molecule has 0 radical (unpaired) electrons. The Morgan fingerprint density at radius 1 is 0.912 bits per heavy atom. The number of rotatable bonds is 7. The molecule has 8 heteroatoms. The maximum Gasteiger partial charge on any atom is 0.322 e. The molecular weight excluding hydrogens is 437 g/mol. The van der Waals surface area contributed by atoms with Crippen molar-refractivity contribution in [1.82, 2.24) is 9.88 Å². The van der Waals surface area contributed by atoms with Crippen molar-refractivity contribution in [3.8, 4) is 11.5 Å². The first-order valence-corrected chi connectivity index (χ1v) is 10.6. The van der Waals surface area contributed by atoms with E-state index in [1.165, 1.54) is 29.2 Å². The van der Waals surface area contributed by atoms with Crippen LogP contribution in [0.4, 0.5) is 14.9 Å². The Hall–Kier alpha value is -4.33. The van der Waals surface area contributed by atoms with Crippen LogP contribution in [-0.2, 0) is 13.1 Å². The zero-order valence-corrected chi connectivity index (χ0v) is 18.8. The van der Waals surface area contributed by atoms with Gasteiger partial charge in [-0.3, -0.25) is 4.79 Å². The lowest BCUT2D eigenvalue weighted by Gasteiger charge is -2.23. The Morgan fingerprint density at radius 2 is 1.59 bits per heavy atom. The topological polar surface area (TPSA) is 83.7 Å². The van der Waals surface area contributed by atoms with Crippen molar-refractivity contribution in [3.05, 3.63) is 100 Å². The van der Waals surface area contributed by atoms with Crippen LogP contribution in [0.5, 0.6) is 11.5 Å². The van der Waals surface area contributed by atoms with Gasteiger partial charge in [0.2, 0.25) is 0 Å². The molecule has 174 valence electrons. The number of ether oxygens (including phenoxy) is 2. The number of benzene rings is 3. The van der Waals surface area contributed by atoms with E-state index in [9.17, 15) is 14.0 Å². The summed E-state index contributed by atoms with van der Waals surface area (Å²) in [6, 6.07) is 19.5. The normalized spacial score (nSPS) is 10.7. The molecule has 0 atom stereocenters. The minimum absolute atomic E-state index is 0.0571. The lowest BCUT2D eigenvalue weighted by Crippen LogP contribution is -2.35. The molecule has 0 saturated heterocycles. The first-order valence-electron chi connectivity index (χ1n) is 10.6. The molecule has 4 rings (SSSR count). The van der Waals surface area contributed by atoms with Crippen LogP contribution >= 0.6 is 0 Å². The second-order valence-corrected chi connectivity index (χ2v) is 7.72. The monoisotopic (exact) mass is 461 g/mol. The third-order valence-electron chi connectivity index (χ3n) is 5.40. The van der Waals surface area contributed by atoms with Crippen LogP contribution in [0.3, 0.4) is 0 Å². The van der Waals surface area contributed by atoms with E-state index >= 15 is 0 Å². The van der Waals surface area contributed by atoms with Gasteiger partial charge in [-0.2, -0.15) is 0 Å². The summed E-state index contributed by atoms with van der Waals surface area (Å²) in [5, 5.41) is 3.56. The van der Waals surface area contributed by atoms with Crippen molar-refractivity contribution < 1.29 is 18.7 Å². The van der Waals surface area contributed by atoms with Gasteiger partial charge in [0.15, 0.2) is 0 Å². The van der Waals surface area contributed by atoms with Gasteiger partial charge in [-0.25, -0.2) is 9.18 Å². The van der Waals surface area contributed by atoms with Crippen LogP contribution < -0.4 is 20.3 Å². The van der Waals surface area contributed by atoms with Crippen LogP contribution in [0.15, 0.2) is 77.6 Å². The molecule has 0 spiro atoms. The number of carbonyl (C=O) groups excluding carboxylic acids is 1. The number of halogens is 1. The third kappa shape index (κ3) is 5.35. The van der Waals surface area contributed by atoms with Crippen molar-refractivity contribution >= 4 is 22.6 Å². The molecule has 0 saturated carbocycles. The fourth-order valence-corrected chi connectivity index (χ4v) is 3.57. The lowest BCUT2D eigenvalue weighted by atomic mass is 10.1. The number of hydrogen-bond donors (Lipinski definition) is 2. The number of nitrogens with zero attached hydrogens (tertiary/aromatic N) is 1. The summed E-state index contributed by atoms with van der Waals surface area (Å²) >= 11 is 0. The minimum atomic E-state index is -0.424. The predicted molar refractivity (Wildman–Crippen MR) is 129 cm³/mol. The van der Waals surface area contributed by atoms with Gasteiger partial charge in [-0.05, 0) is 66.2 Å². The summed E-state index contributed by atoms with van der Waals surface area (Å²) in [4.78, 5) is 30.3. The van der Waals surface area contributed by atoms with E-state index in [1.807, 2.05) is 18.2 Å². The van der Waals surface area contributed by atoms with E-state index in [-0.39, 0.29) is 18.6 Å². The van der Waals surface area contributed by atoms with Gasteiger partial charge in [0.05, 0.1) is 20.8 Å². The van der Waals surface area contributed by atoms with Gasteiger partial charge in [0.1, 0.15) is 17.3 Å². The number of amides is 2. The van der Waals surface area contributed by atoms with E-state index < -0.39 is 11.8 Å². The summed E-state index contributed by atoms with van der Waals surface area (Å²) in [7, 11) is 3.16. The molecule has 0 aliphatic heterocycles. The Morgan fingerprint density at radius 3 is 2.26 bits per heavy atom. The molecule has 0 aliphatic carbocycles. The molecule has 3 aromatic carbocycles. The summed E-state index contributed by atoms with van der Waals surface area (Å²) in [6.45, 7) is 0.300. The number of pyridine rings is 1. The number of anilines is 1. The maximum absolute atomic E-state index is 13.3. The average Bonchev–Trinajstić information content (AvgIpc) is 2.85. The highest BCUT2D eigenvalue weighted by atomic mass is 19.1. The quantitative estimate of drug-likeness (QED) is 0.409. The van der Waals surface area contributed by atoms with E-state index in [0.29, 0.717) is 28.3 Å². The van der Waals surface area contributed by atoms with Gasteiger partial charge >= 0.3 is 6.03 Å². The van der Waals surface area contributed by atoms with Crippen LogP contribution in [0, 0.1) is 5.82 Å². The molecule has 1 aromatic heterocycles. The summed E-state index contributed by atoms with van der Waals surface area (Å²) in [5.74, 6) is 0.965. The highest BCUT2D eigenvalue weighted by Gasteiger charge is 2.17. The fourth-order valence-electron chi connectivity index (χ4n) is 3.57. The van der Waals surface area contributed by atoms with Crippen LogP contribution in [0.25, 0.3) is 10.9 Å². The van der Waals surface area contributed by atoms with Crippen molar-refractivity contribution in [1.29, 1.82) is 0 Å². The molecule has 2 N–H and O–H groups in total. The van der Waals surface area contributed by atoms with Crippen LogP contribution in [0.2, 0.25) is 0 Å². The lowest BCUT2D eigenvalue weighted by molar-refractivity contribution is 0.206. The Labute approximate surface area is 195 Å². The summed E-state index contributed by atoms with van der Waals surface area (Å²) in [6.07, 6.45) is 0. The van der Waals surface area contributed by atoms with Crippen molar-refractivity contribution in [3.63, 3.8) is 0 Å². The number of H-pyrrole nitrogens is 1. The molecule has 4 aromatic rings. The number of nitrogens with one attached hydrogen (secondary N) is 2. The van der Waals surface area contributed by atoms with Gasteiger partial charge in [0.25, 0.3) is 5.56 Å². The smallest absolute Gasteiger partial charge is 0.322 e. The van der Waals surface area contributed by atoms with Crippen molar-refractivity contribution in [2.75, 3.05) is 19.5 Å². The molecule has 34 heavy (non-hydrogen) atoms. The van der Waals surface area contributed by atoms with Gasteiger partial charge in [-0.1, -0.05) is 12.1 Å². The molecule has 0 unspecified atom stereocenters. The first-order chi connectivity index (χ1) is 16.4. The van der Waals surface area contributed by atoms with Crippen molar-refractivity contribution in [2.45, 2.75) is 13.1 Å². The van der Waals surface area contributed by atoms with Crippen molar-refractivity contribution in [2.24, 2.45) is 0 Å². The highest BCUT2D eigenvalue weighted by Crippen LogP contribution is 2.21. The number of hydrogen-bond acceptors (Lipinski definition) is 4. The van der Waals surface area contributed by atoms with E-state index in [1.54, 1.807) is 44.6 Å². The number of fused-ring (bicyclic) bond motifs is 1. The second kappa shape index (κ2) is 10.1. The van der Waals surface area contributed by atoms with Crippen LogP contribution in [-0.4, -0.2) is 30.1 Å². The average molecular weight is 461 g/mol. The molecule has 0 aliphatic rings. The Kier molecular flexibility index (Phi) is 6.77. The largest absolute Gasteiger partial charge is 0.497 e. The Balaban J connectivity index is 1.64. The molecule has 0 fully saturated rings. The number of aromatic amines is 1. The summed E-state index contributed by atoms with van der Waals surface area (Å²) < 4.78 is 23.7. The molecule has 1 heterocycles. The molecule has 0 bridgehead atoms. The fraction of sp³-hybridized carbons (Fsp3) is 0.154. The third-order valence-corrected chi connectivity index (χ3v) is 5.40. The maximum atomic E-state index is 13.3. The number of urea groups is 1. The number of methoxy groups -OCH3 is 2. The van der Waals surface area contributed by atoms with E-state index in [0.717, 1.165) is 10.9 Å². The predicted octanol–water partition coefficient (Wildman–Crippen LogP) is 4.92.